The van der Waals surface area contributed by atoms with Crippen LogP contribution in [-0.4, -0.2) is 29.6 Å². The molecule has 0 fully saturated rings. The molecule has 1 atom stereocenters. The molecule has 1 aromatic rings. The van der Waals surface area contributed by atoms with Gasteiger partial charge >= 0.3 is 0 Å². The van der Waals surface area contributed by atoms with Crippen molar-refractivity contribution in [2.45, 2.75) is 51.6 Å². The lowest BCUT2D eigenvalue weighted by molar-refractivity contribution is 0.0656. The maximum Gasteiger partial charge on any atom is 0.0415 e. The second-order valence-electron chi connectivity index (χ2n) is 5.59. The van der Waals surface area contributed by atoms with Gasteiger partial charge in [0.15, 0.2) is 0 Å². The third kappa shape index (κ3) is 2.19. The van der Waals surface area contributed by atoms with Gasteiger partial charge in [-0.05, 0) is 43.9 Å². The molecule has 0 bridgehead atoms. The molecule has 1 unspecified atom stereocenters. The molecule has 2 rings (SSSR count). The quantitative estimate of drug-likeness (QED) is 0.865. The number of rotatable bonds is 5. The molecule has 0 heterocycles. The molecule has 0 amide bonds. The number of nitrogens with two attached hydrogens (primary N) is 1. The molecular formula is C16H26N2. The maximum absolute atomic E-state index is 6.18. The summed E-state index contributed by atoms with van der Waals surface area (Å²) in [7, 11) is 0. The fourth-order valence-electron chi connectivity index (χ4n) is 3.47. The third-order valence-electron chi connectivity index (χ3n) is 4.61. The van der Waals surface area contributed by atoms with Crippen LogP contribution in [0.5, 0.6) is 0 Å². The Morgan fingerprint density at radius 2 is 1.78 bits per heavy atom. The second kappa shape index (κ2) is 5.41. The van der Waals surface area contributed by atoms with Crippen LogP contribution in [0.4, 0.5) is 0 Å². The summed E-state index contributed by atoms with van der Waals surface area (Å²) in [5.41, 5.74) is 9.30. The molecule has 0 aromatic heterocycles. The molecule has 1 aromatic carbocycles. The normalized spacial score (nSPS) is 18.9. The first kappa shape index (κ1) is 13.6. The predicted octanol–water partition coefficient (Wildman–Crippen LogP) is 2.60. The topological polar surface area (TPSA) is 29.3 Å². The van der Waals surface area contributed by atoms with Crippen molar-refractivity contribution in [1.82, 2.24) is 4.90 Å². The van der Waals surface area contributed by atoms with Crippen LogP contribution in [0.3, 0.4) is 0 Å². The van der Waals surface area contributed by atoms with E-state index in [2.05, 4.69) is 49.9 Å². The summed E-state index contributed by atoms with van der Waals surface area (Å²) in [6.45, 7) is 8.68. The smallest absolute Gasteiger partial charge is 0.0415 e. The molecule has 0 radical (unpaired) electrons. The molecule has 0 spiro atoms. The van der Waals surface area contributed by atoms with E-state index in [0.717, 1.165) is 25.9 Å². The highest BCUT2D eigenvalue weighted by Gasteiger charge is 2.41. The number of fused-ring (bicyclic) bond motifs is 1. The lowest BCUT2D eigenvalue weighted by Gasteiger charge is -2.44. The Morgan fingerprint density at radius 1 is 1.22 bits per heavy atom. The first-order chi connectivity index (χ1) is 8.66. The summed E-state index contributed by atoms with van der Waals surface area (Å²) in [5.74, 6) is 0. The van der Waals surface area contributed by atoms with E-state index < -0.39 is 0 Å². The van der Waals surface area contributed by atoms with Crippen molar-refractivity contribution in [2.24, 2.45) is 5.73 Å². The van der Waals surface area contributed by atoms with E-state index in [4.69, 9.17) is 5.73 Å². The molecule has 2 nitrogen and oxygen atoms in total. The maximum atomic E-state index is 6.18. The van der Waals surface area contributed by atoms with Crippen LogP contribution < -0.4 is 5.73 Å². The van der Waals surface area contributed by atoms with Crippen LogP contribution in [0.15, 0.2) is 24.3 Å². The van der Waals surface area contributed by atoms with E-state index in [0.29, 0.717) is 6.04 Å². The average molecular weight is 246 g/mol. The first-order valence-corrected chi connectivity index (χ1v) is 7.20. The van der Waals surface area contributed by atoms with E-state index >= 15 is 0 Å². The van der Waals surface area contributed by atoms with Gasteiger partial charge in [-0.2, -0.15) is 0 Å². The van der Waals surface area contributed by atoms with E-state index in [-0.39, 0.29) is 5.54 Å². The SMILES string of the molecule is CCC(C)N(CC)C1(CN)Cc2ccccc2C1. The highest BCUT2D eigenvalue weighted by atomic mass is 15.2. The van der Waals surface area contributed by atoms with E-state index in [9.17, 15) is 0 Å². The molecule has 100 valence electrons. The van der Waals surface area contributed by atoms with Crippen molar-refractivity contribution in [2.75, 3.05) is 13.1 Å². The summed E-state index contributed by atoms with van der Waals surface area (Å²) in [4.78, 5) is 2.62. The number of benzene rings is 1. The van der Waals surface area contributed by atoms with E-state index in [1.807, 2.05) is 0 Å². The molecule has 2 heteroatoms. The fourth-order valence-corrected chi connectivity index (χ4v) is 3.47. The van der Waals surface area contributed by atoms with Crippen LogP contribution in [0.1, 0.15) is 38.3 Å². The van der Waals surface area contributed by atoms with Gasteiger partial charge in [0.05, 0.1) is 0 Å². The lowest BCUT2D eigenvalue weighted by Crippen LogP contribution is -2.57. The minimum absolute atomic E-state index is 0.147. The summed E-state index contributed by atoms with van der Waals surface area (Å²) >= 11 is 0. The summed E-state index contributed by atoms with van der Waals surface area (Å²) in [5, 5.41) is 0. The highest BCUT2D eigenvalue weighted by Crippen LogP contribution is 2.35. The Balaban J connectivity index is 2.29. The van der Waals surface area contributed by atoms with Gasteiger partial charge in [-0.25, -0.2) is 0 Å². The Bertz CT molecular complexity index is 375. The second-order valence-corrected chi connectivity index (χ2v) is 5.59. The fraction of sp³-hybridized carbons (Fsp3) is 0.625. The molecule has 0 saturated carbocycles. The van der Waals surface area contributed by atoms with Gasteiger partial charge in [0.1, 0.15) is 0 Å². The molecule has 0 aliphatic heterocycles. The van der Waals surface area contributed by atoms with E-state index in [1.54, 1.807) is 0 Å². The first-order valence-electron chi connectivity index (χ1n) is 7.20. The number of hydrogen-bond donors (Lipinski definition) is 1. The van der Waals surface area contributed by atoms with Crippen LogP contribution >= 0.6 is 0 Å². The third-order valence-corrected chi connectivity index (χ3v) is 4.61. The standard InChI is InChI=1S/C16H26N2/c1-4-13(3)18(5-2)16(12-17)10-14-8-6-7-9-15(14)11-16/h6-9,13H,4-5,10-12,17H2,1-3H3. The monoisotopic (exact) mass is 246 g/mol. The molecule has 1 aliphatic carbocycles. The minimum atomic E-state index is 0.147. The zero-order valence-electron chi connectivity index (χ0n) is 11.9. The lowest BCUT2D eigenvalue weighted by atomic mass is 9.91. The molecule has 2 N–H and O–H groups in total. The van der Waals surface area contributed by atoms with Crippen LogP contribution in [0.2, 0.25) is 0 Å². The van der Waals surface area contributed by atoms with Gasteiger partial charge in [-0.1, -0.05) is 38.1 Å². The van der Waals surface area contributed by atoms with Crippen LogP contribution in [0.25, 0.3) is 0 Å². The summed E-state index contributed by atoms with van der Waals surface area (Å²) < 4.78 is 0. The molecular weight excluding hydrogens is 220 g/mol. The number of hydrogen-bond acceptors (Lipinski definition) is 2. The zero-order chi connectivity index (χ0) is 13.2. The Kier molecular flexibility index (Phi) is 4.08. The van der Waals surface area contributed by atoms with E-state index in [1.165, 1.54) is 17.5 Å². The Labute approximate surface area is 111 Å². The van der Waals surface area contributed by atoms with Crippen molar-refractivity contribution in [3.63, 3.8) is 0 Å². The van der Waals surface area contributed by atoms with Gasteiger partial charge in [0.2, 0.25) is 0 Å². The van der Waals surface area contributed by atoms with Gasteiger partial charge in [-0.3, -0.25) is 4.90 Å². The van der Waals surface area contributed by atoms with Crippen LogP contribution in [0, 0.1) is 0 Å². The summed E-state index contributed by atoms with van der Waals surface area (Å²) in [6, 6.07) is 9.41. The number of nitrogens with zero attached hydrogens (tertiary/aromatic N) is 1. The zero-order valence-corrected chi connectivity index (χ0v) is 11.9. The van der Waals surface area contributed by atoms with Gasteiger partial charge in [0, 0.05) is 18.1 Å². The molecule has 18 heavy (non-hydrogen) atoms. The Hall–Kier alpha value is -0.860. The van der Waals surface area contributed by atoms with Crippen molar-refractivity contribution in [1.29, 1.82) is 0 Å². The average Bonchev–Trinajstić information content (AvgIpc) is 2.78. The minimum Gasteiger partial charge on any atom is -0.329 e. The Morgan fingerprint density at radius 3 is 2.17 bits per heavy atom. The number of likely N-dealkylation sites (N-methyl/N-ethyl adjacent to an activating group) is 1. The summed E-state index contributed by atoms with van der Waals surface area (Å²) in [6.07, 6.45) is 3.40. The largest absolute Gasteiger partial charge is 0.329 e. The van der Waals surface area contributed by atoms with Crippen molar-refractivity contribution in [3.8, 4) is 0 Å². The van der Waals surface area contributed by atoms with Gasteiger partial charge < -0.3 is 5.73 Å². The molecule has 0 saturated heterocycles. The van der Waals surface area contributed by atoms with Crippen molar-refractivity contribution < 1.29 is 0 Å². The molecule has 1 aliphatic rings. The van der Waals surface area contributed by atoms with Gasteiger partial charge in [-0.15, -0.1) is 0 Å². The van der Waals surface area contributed by atoms with Gasteiger partial charge in [0.25, 0.3) is 0 Å². The van der Waals surface area contributed by atoms with Crippen LogP contribution in [-0.2, 0) is 12.8 Å². The predicted molar refractivity (Wildman–Crippen MR) is 77.8 cm³/mol. The highest BCUT2D eigenvalue weighted by molar-refractivity contribution is 5.36. The van der Waals surface area contributed by atoms with Crippen molar-refractivity contribution in [3.05, 3.63) is 35.4 Å². The van der Waals surface area contributed by atoms with Crippen molar-refractivity contribution >= 4 is 0 Å².